The third-order valence-electron chi connectivity index (χ3n) is 1.40. The molecule has 0 saturated heterocycles. The molecule has 1 aromatic carbocycles. The van der Waals surface area contributed by atoms with Crippen LogP contribution >= 0.6 is 12.6 Å². The third kappa shape index (κ3) is 2.22. The van der Waals surface area contributed by atoms with Crippen molar-refractivity contribution in [2.45, 2.75) is 18.1 Å². The van der Waals surface area contributed by atoms with Crippen LogP contribution in [0.5, 0.6) is 0 Å². The minimum absolute atomic E-state index is 0.0125. The minimum atomic E-state index is -0.0125. The highest BCUT2D eigenvalue weighted by atomic mass is 32.1. The smallest absolute Gasteiger partial charge is 0.0682 e. The van der Waals surface area contributed by atoms with E-state index in [1.54, 1.807) is 18.2 Å². The Hall–Kier alpha value is -0.510. The molecule has 2 N–H and O–H groups in total. The Labute approximate surface area is 70.9 Å². The first-order chi connectivity index (χ1) is 5.26. The molecule has 0 unspecified atom stereocenters. The number of aliphatic hydroxyl groups excluding tert-OH is 2. The highest BCUT2D eigenvalue weighted by molar-refractivity contribution is 7.80. The summed E-state index contributed by atoms with van der Waals surface area (Å²) in [7, 11) is 0. The lowest BCUT2D eigenvalue weighted by Gasteiger charge is -2.01. The molecule has 0 spiro atoms. The zero-order chi connectivity index (χ0) is 8.27. The van der Waals surface area contributed by atoms with Crippen LogP contribution in [-0.2, 0) is 13.2 Å². The maximum Gasteiger partial charge on any atom is 0.0682 e. The predicted molar refractivity (Wildman–Crippen MR) is 45.5 cm³/mol. The monoisotopic (exact) mass is 170 g/mol. The van der Waals surface area contributed by atoms with Gasteiger partial charge in [0.05, 0.1) is 13.2 Å². The first kappa shape index (κ1) is 8.59. The summed E-state index contributed by atoms with van der Waals surface area (Å²) >= 11 is 4.11. The third-order valence-corrected chi connectivity index (χ3v) is 1.66. The van der Waals surface area contributed by atoms with Gasteiger partial charge < -0.3 is 10.2 Å². The second-order valence-corrected chi connectivity index (χ2v) is 2.84. The number of rotatable bonds is 2. The Morgan fingerprint density at radius 3 is 1.82 bits per heavy atom. The van der Waals surface area contributed by atoms with Crippen LogP contribution in [0.4, 0.5) is 0 Å². The van der Waals surface area contributed by atoms with Crippen molar-refractivity contribution in [1.82, 2.24) is 0 Å². The molecule has 1 rings (SSSR count). The Kier molecular flexibility index (Phi) is 2.93. The summed E-state index contributed by atoms with van der Waals surface area (Å²) in [5.74, 6) is 0. The minimum Gasteiger partial charge on any atom is -0.392 e. The van der Waals surface area contributed by atoms with E-state index in [4.69, 9.17) is 10.2 Å². The molecule has 0 aliphatic heterocycles. The zero-order valence-corrected chi connectivity index (χ0v) is 6.88. The lowest BCUT2D eigenvalue weighted by atomic mass is 10.1. The molecule has 0 aliphatic rings. The van der Waals surface area contributed by atoms with E-state index in [9.17, 15) is 0 Å². The summed E-state index contributed by atoms with van der Waals surface area (Å²) in [5, 5.41) is 17.5. The Morgan fingerprint density at radius 2 is 1.45 bits per heavy atom. The molecular weight excluding hydrogens is 160 g/mol. The summed E-state index contributed by atoms with van der Waals surface area (Å²) in [5.41, 5.74) is 1.56. The first-order valence-corrected chi connectivity index (χ1v) is 3.74. The van der Waals surface area contributed by atoms with E-state index in [1.807, 2.05) is 0 Å². The highest BCUT2D eigenvalue weighted by Crippen LogP contribution is 2.13. The van der Waals surface area contributed by atoms with Crippen LogP contribution in [0, 0.1) is 0 Å². The fourth-order valence-corrected chi connectivity index (χ4v) is 1.26. The van der Waals surface area contributed by atoms with Gasteiger partial charge in [-0.15, -0.1) is 12.6 Å². The van der Waals surface area contributed by atoms with Gasteiger partial charge in [0.1, 0.15) is 0 Å². The standard InChI is InChI=1S/C8H10O2S/c9-4-6-1-7(5-10)3-8(11)2-6/h1-3,9-11H,4-5H2. The largest absolute Gasteiger partial charge is 0.392 e. The highest BCUT2D eigenvalue weighted by Gasteiger charge is 1.96. The molecule has 60 valence electrons. The summed E-state index contributed by atoms with van der Waals surface area (Å²) < 4.78 is 0. The molecule has 3 heteroatoms. The fraction of sp³-hybridized carbons (Fsp3) is 0.250. The number of hydrogen-bond acceptors (Lipinski definition) is 3. The van der Waals surface area contributed by atoms with Crippen LogP contribution in [0.3, 0.4) is 0 Å². The van der Waals surface area contributed by atoms with Crippen molar-refractivity contribution < 1.29 is 10.2 Å². The van der Waals surface area contributed by atoms with Crippen LogP contribution in [0.15, 0.2) is 23.1 Å². The molecular formula is C8H10O2S. The number of benzene rings is 1. The van der Waals surface area contributed by atoms with E-state index in [0.29, 0.717) is 0 Å². The molecule has 1 aromatic rings. The predicted octanol–water partition coefficient (Wildman–Crippen LogP) is 0.960. The fourth-order valence-electron chi connectivity index (χ4n) is 0.926. The molecule has 0 heterocycles. The van der Waals surface area contributed by atoms with Crippen LogP contribution in [0.2, 0.25) is 0 Å². The van der Waals surface area contributed by atoms with E-state index in [1.165, 1.54) is 0 Å². The van der Waals surface area contributed by atoms with E-state index >= 15 is 0 Å². The molecule has 0 bridgehead atoms. The Bertz CT molecular complexity index is 226. The SMILES string of the molecule is OCc1cc(S)cc(CO)c1. The molecule has 0 aliphatic carbocycles. The number of aliphatic hydroxyl groups is 2. The van der Waals surface area contributed by atoms with Crippen molar-refractivity contribution >= 4 is 12.6 Å². The van der Waals surface area contributed by atoms with Crippen molar-refractivity contribution in [2.24, 2.45) is 0 Å². The van der Waals surface area contributed by atoms with Gasteiger partial charge in [-0.3, -0.25) is 0 Å². The van der Waals surface area contributed by atoms with E-state index < -0.39 is 0 Å². The summed E-state index contributed by atoms with van der Waals surface area (Å²) in [4.78, 5) is 0.764. The Morgan fingerprint density at radius 1 is 1.00 bits per heavy atom. The van der Waals surface area contributed by atoms with Gasteiger partial charge in [-0.2, -0.15) is 0 Å². The van der Waals surface area contributed by atoms with Gasteiger partial charge in [-0.1, -0.05) is 6.07 Å². The maximum atomic E-state index is 8.77. The van der Waals surface area contributed by atoms with Crippen molar-refractivity contribution in [3.8, 4) is 0 Å². The average molecular weight is 170 g/mol. The molecule has 0 aromatic heterocycles. The van der Waals surface area contributed by atoms with E-state index in [0.717, 1.165) is 16.0 Å². The van der Waals surface area contributed by atoms with Gasteiger partial charge in [-0.25, -0.2) is 0 Å². The van der Waals surface area contributed by atoms with Crippen LogP contribution < -0.4 is 0 Å². The second-order valence-electron chi connectivity index (χ2n) is 2.32. The normalized spacial score (nSPS) is 10.1. The van der Waals surface area contributed by atoms with Crippen molar-refractivity contribution in [1.29, 1.82) is 0 Å². The van der Waals surface area contributed by atoms with Crippen molar-refractivity contribution in [3.05, 3.63) is 29.3 Å². The summed E-state index contributed by atoms with van der Waals surface area (Å²) in [6.45, 7) is -0.0250. The van der Waals surface area contributed by atoms with E-state index in [2.05, 4.69) is 12.6 Å². The van der Waals surface area contributed by atoms with Gasteiger partial charge in [0.15, 0.2) is 0 Å². The maximum absolute atomic E-state index is 8.77. The van der Waals surface area contributed by atoms with Gasteiger partial charge in [0.25, 0.3) is 0 Å². The average Bonchev–Trinajstić information content (AvgIpc) is 2.03. The van der Waals surface area contributed by atoms with Crippen LogP contribution in [-0.4, -0.2) is 10.2 Å². The van der Waals surface area contributed by atoms with Crippen molar-refractivity contribution in [2.75, 3.05) is 0 Å². The van der Waals surface area contributed by atoms with Gasteiger partial charge >= 0.3 is 0 Å². The molecule has 0 radical (unpaired) electrons. The quantitative estimate of drug-likeness (QED) is 0.579. The molecule has 11 heavy (non-hydrogen) atoms. The van der Waals surface area contributed by atoms with Crippen LogP contribution in [0.25, 0.3) is 0 Å². The molecule has 0 fully saturated rings. The zero-order valence-electron chi connectivity index (χ0n) is 5.99. The van der Waals surface area contributed by atoms with Crippen molar-refractivity contribution in [3.63, 3.8) is 0 Å². The summed E-state index contributed by atoms with van der Waals surface area (Å²) in [6, 6.07) is 5.28. The lowest BCUT2D eigenvalue weighted by Crippen LogP contribution is -1.88. The lowest BCUT2D eigenvalue weighted by molar-refractivity contribution is 0.275. The van der Waals surface area contributed by atoms with E-state index in [-0.39, 0.29) is 13.2 Å². The number of hydrogen-bond donors (Lipinski definition) is 3. The van der Waals surface area contributed by atoms with Gasteiger partial charge in [0.2, 0.25) is 0 Å². The van der Waals surface area contributed by atoms with Gasteiger partial charge in [-0.05, 0) is 23.3 Å². The number of thiol groups is 1. The molecule has 2 nitrogen and oxygen atoms in total. The van der Waals surface area contributed by atoms with Crippen LogP contribution in [0.1, 0.15) is 11.1 Å². The molecule has 0 saturated carbocycles. The Balaban J connectivity index is 3.02. The molecule has 0 atom stereocenters. The topological polar surface area (TPSA) is 40.5 Å². The summed E-state index contributed by atoms with van der Waals surface area (Å²) in [6.07, 6.45) is 0. The second kappa shape index (κ2) is 3.76. The first-order valence-electron chi connectivity index (χ1n) is 3.30. The molecule has 0 amide bonds. The van der Waals surface area contributed by atoms with Gasteiger partial charge in [0, 0.05) is 4.90 Å².